The van der Waals surface area contributed by atoms with Crippen molar-refractivity contribution in [1.82, 2.24) is 43.9 Å². The third-order valence-electron chi connectivity index (χ3n) is 7.60. The second kappa shape index (κ2) is 8.52. The maximum absolute atomic E-state index is 5.41. The fourth-order valence-corrected chi connectivity index (χ4v) is 5.59. The number of aryl methyl sites for hydroxylation is 2. The van der Waals surface area contributed by atoms with Gasteiger partial charge in [-0.05, 0) is 30.9 Å². The summed E-state index contributed by atoms with van der Waals surface area (Å²) in [7, 11) is 7.57. The molecule has 39 heavy (non-hydrogen) atoms. The molecule has 1 aromatic carbocycles. The summed E-state index contributed by atoms with van der Waals surface area (Å²) >= 11 is 0. The van der Waals surface area contributed by atoms with Crippen LogP contribution in [0.25, 0.3) is 50.4 Å². The van der Waals surface area contributed by atoms with Crippen LogP contribution in [0.15, 0.2) is 42.7 Å². The van der Waals surface area contributed by atoms with E-state index in [-0.39, 0.29) is 5.92 Å². The molecule has 10 nitrogen and oxygen atoms in total. The standard InChI is InChI=1S/C29H31N9O/c1-16(2)25-20(12-18-14-35(3)34-28(18)30-25)29-31-26(27(36(29)4)17-10-11-17)19-8-7-9-22-21(19)15-38(32-22)23-13-24(39-6)37(5)33-23/h7-9,12-17H,10-11H2,1-6H3. The highest BCUT2D eigenvalue weighted by Gasteiger charge is 2.33. The van der Waals surface area contributed by atoms with Crippen LogP contribution < -0.4 is 4.74 Å². The average Bonchev–Trinajstić information content (AvgIpc) is 3.22. The lowest BCUT2D eigenvalue weighted by atomic mass is 10.0. The SMILES string of the molecule is COc1cc(-n2cc3c(-c4nc(-c5cc6cn(C)nc6nc5C(C)C)n(C)c4C4CC4)cccc3n2)nn1C. The Morgan fingerprint density at radius 3 is 2.49 bits per heavy atom. The lowest BCUT2D eigenvalue weighted by Crippen LogP contribution is -2.03. The first-order valence-electron chi connectivity index (χ1n) is 13.3. The van der Waals surface area contributed by atoms with Crippen molar-refractivity contribution in [3.8, 4) is 34.3 Å². The number of rotatable bonds is 6. The molecule has 0 bridgehead atoms. The van der Waals surface area contributed by atoms with Crippen molar-refractivity contribution in [3.63, 3.8) is 0 Å². The van der Waals surface area contributed by atoms with E-state index < -0.39 is 0 Å². The molecule has 0 unspecified atom stereocenters. The van der Waals surface area contributed by atoms with Crippen molar-refractivity contribution in [2.75, 3.05) is 7.11 Å². The number of imidazole rings is 1. The maximum Gasteiger partial charge on any atom is 0.213 e. The lowest BCUT2D eigenvalue weighted by Gasteiger charge is -2.12. The van der Waals surface area contributed by atoms with E-state index in [1.807, 2.05) is 48.0 Å². The van der Waals surface area contributed by atoms with Gasteiger partial charge in [-0.25, -0.2) is 19.3 Å². The summed E-state index contributed by atoms with van der Waals surface area (Å²) in [5.74, 6) is 3.04. The van der Waals surface area contributed by atoms with Gasteiger partial charge in [-0.1, -0.05) is 26.0 Å². The number of fused-ring (bicyclic) bond motifs is 2. The minimum atomic E-state index is 0.230. The monoisotopic (exact) mass is 521 g/mol. The smallest absolute Gasteiger partial charge is 0.213 e. The molecule has 1 aliphatic rings. The number of ether oxygens (including phenoxy) is 1. The molecule has 10 heteroatoms. The first-order chi connectivity index (χ1) is 18.8. The van der Waals surface area contributed by atoms with Crippen molar-refractivity contribution in [2.45, 2.75) is 38.5 Å². The van der Waals surface area contributed by atoms with E-state index in [4.69, 9.17) is 19.8 Å². The van der Waals surface area contributed by atoms with Crippen LogP contribution in [0.1, 0.15) is 49.9 Å². The predicted molar refractivity (Wildman–Crippen MR) is 150 cm³/mol. The van der Waals surface area contributed by atoms with Gasteiger partial charge in [0.15, 0.2) is 11.5 Å². The topological polar surface area (TPSA) is 93.4 Å². The number of aromatic nitrogens is 9. The quantitative estimate of drug-likeness (QED) is 0.302. The molecular weight excluding hydrogens is 490 g/mol. The van der Waals surface area contributed by atoms with E-state index in [9.17, 15) is 0 Å². The number of pyridine rings is 1. The number of methoxy groups -OCH3 is 1. The van der Waals surface area contributed by atoms with Crippen molar-refractivity contribution in [1.29, 1.82) is 0 Å². The molecule has 5 heterocycles. The number of hydrogen-bond donors (Lipinski definition) is 0. The van der Waals surface area contributed by atoms with Gasteiger partial charge in [0.1, 0.15) is 5.82 Å². The largest absolute Gasteiger partial charge is 0.481 e. The average molecular weight is 522 g/mol. The number of hydrogen-bond acceptors (Lipinski definition) is 6. The van der Waals surface area contributed by atoms with E-state index >= 15 is 0 Å². The van der Waals surface area contributed by atoms with Crippen molar-refractivity contribution < 1.29 is 4.74 Å². The molecule has 6 aromatic rings. The second-order valence-electron chi connectivity index (χ2n) is 10.8. The zero-order valence-corrected chi connectivity index (χ0v) is 23.0. The van der Waals surface area contributed by atoms with Crippen LogP contribution in [0.2, 0.25) is 0 Å². The number of nitrogens with zero attached hydrogens (tertiary/aromatic N) is 9. The Hall–Kier alpha value is -4.47. The molecule has 0 atom stereocenters. The summed E-state index contributed by atoms with van der Waals surface area (Å²) in [5.41, 5.74) is 7.10. The fraction of sp³-hybridized carbons (Fsp3) is 0.345. The Bertz CT molecular complexity index is 1880. The van der Waals surface area contributed by atoms with Gasteiger partial charge in [0.05, 0.1) is 24.0 Å². The van der Waals surface area contributed by atoms with Gasteiger partial charge >= 0.3 is 0 Å². The third kappa shape index (κ3) is 3.73. The lowest BCUT2D eigenvalue weighted by molar-refractivity contribution is 0.373. The fourth-order valence-electron chi connectivity index (χ4n) is 5.59. The molecule has 0 N–H and O–H groups in total. The molecule has 7 rings (SSSR count). The number of benzene rings is 1. The first-order valence-corrected chi connectivity index (χ1v) is 13.3. The van der Waals surface area contributed by atoms with Gasteiger partial charge in [-0.2, -0.15) is 10.2 Å². The molecular formula is C29H31N9O. The van der Waals surface area contributed by atoms with Gasteiger partial charge in [-0.3, -0.25) is 4.68 Å². The molecule has 0 aliphatic heterocycles. The Morgan fingerprint density at radius 1 is 0.949 bits per heavy atom. The van der Waals surface area contributed by atoms with Gasteiger partial charge < -0.3 is 9.30 Å². The summed E-state index contributed by atoms with van der Waals surface area (Å²) in [4.78, 5) is 10.3. The summed E-state index contributed by atoms with van der Waals surface area (Å²) < 4.78 is 13.0. The van der Waals surface area contributed by atoms with E-state index in [1.165, 1.54) is 18.5 Å². The van der Waals surface area contributed by atoms with Crippen LogP contribution >= 0.6 is 0 Å². The Kier molecular flexibility index (Phi) is 5.16. The van der Waals surface area contributed by atoms with E-state index in [0.717, 1.165) is 50.3 Å². The summed E-state index contributed by atoms with van der Waals surface area (Å²) in [6.07, 6.45) is 6.40. The Balaban J connectivity index is 1.43. The second-order valence-corrected chi connectivity index (χ2v) is 10.8. The summed E-state index contributed by atoms with van der Waals surface area (Å²) in [6.45, 7) is 4.35. The summed E-state index contributed by atoms with van der Waals surface area (Å²) in [6, 6.07) is 10.3. The Morgan fingerprint density at radius 2 is 1.77 bits per heavy atom. The minimum Gasteiger partial charge on any atom is -0.481 e. The molecule has 0 radical (unpaired) electrons. The third-order valence-corrected chi connectivity index (χ3v) is 7.60. The maximum atomic E-state index is 5.41. The molecule has 0 saturated heterocycles. The van der Waals surface area contributed by atoms with Crippen molar-refractivity contribution >= 4 is 21.9 Å². The van der Waals surface area contributed by atoms with Crippen LogP contribution in [-0.4, -0.2) is 51.0 Å². The van der Waals surface area contributed by atoms with Gasteiger partial charge in [0, 0.05) is 73.1 Å². The molecule has 5 aromatic heterocycles. The normalized spacial score (nSPS) is 13.8. The van der Waals surface area contributed by atoms with E-state index in [0.29, 0.717) is 17.6 Å². The van der Waals surface area contributed by atoms with E-state index in [2.05, 4.69) is 53.9 Å². The van der Waals surface area contributed by atoms with E-state index in [1.54, 1.807) is 11.8 Å². The highest BCUT2D eigenvalue weighted by Crippen LogP contribution is 2.47. The van der Waals surface area contributed by atoms with Crippen molar-refractivity contribution in [2.24, 2.45) is 21.1 Å². The summed E-state index contributed by atoms with van der Waals surface area (Å²) in [5, 5.41) is 16.0. The Labute approximate surface area is 225 Å². The van der Waals surface area contributed by atoms with Gasteiger partial charge in [0.2, 0.25) is 5.88 Å². The zero-order chi connectivity index (χ0) is 27.0. The molecule has 0 spiro atoms. The van der Waals surface area contributed by atoms with Gasteiger partial charge in [-0.15, -0.1) is 5.10 Å². The van der Waals surface area contributed by atoms with Crippen LogP contribution in [-0.2, 0) is 21.1 Å². The highest BCUT2D eigenvalue weighted by molar-refractivity contribution is 5.95. The molecule has 1 saturated carbocycles. The molecule has 1 aliphatic carbocycles. The first kappa shape index (κ1) is 23.6. The molecule has 0 amide bonds. The zero-order valence-electron chi connectivity index (χ0n) is 23.0. The van der Waals surface area contributed by atoms with Crippen LogP contribution in [0.4, 0.5) is 0 Å². The van der Waals surface area contributed by atoms with Crippen LogP contribution in [0, 0.1) is 0 Å². The molecule has 198 valence electrons. The van der Waals surface area contributed by atoms with Crippen LogP contribution in [0.5, 0.6) is 5.88 Å². The van der Waals surface area contributed by atoms with Crippen molar-refractivity contribution in [3.05, 3.63) is 54.1 Å². The minimum absolute atomic E-state index is 0.230. The van der Waals surface area contributed by atoms with Gasteiger partial charge in [0.25, 0.3) is 0 Å². The van der Waals surface area contributed by atoms with Crippen LogP contribution in [0.3, 0.4) is 0 Å². The highest BCUT2D eigenvalue weighted by atomic mass is 16.5. The predicted octanol–water partition coefficient (Wildman–Crippen LogP) is 5.12. The molecule has 1 fully saturated rings.